The van der Waals surface area contributed by atoms with Crippen molar-refractivity contribution >= 4 is 17.4 Å². The summed E-state index contributed by atoms with van der Waals surface area (Å²) in [6, 6.07) is 2.09. The van der Waals surface area contributed by atoms with Gasteiger partial charge < -0.3 is 9.64 Å². The van der Waals surface area contributed by atoms with Crippen molar-refractivity contribution in [2.24, 2.45) is 0 Å². The molecule has 4 nitrogen and oxygen atoms in total. The highest BCUT2D eigenvalue weighted by atomic mass is 35.5. The average Bonchev–Trinajstić information content (AvgIpc) is 3.11. The van der Waals surface area contributed by atoms with Gasteiger partial charge in [-0.2, -0.15) is 0 Å². The van der Waals surface area contributed by atoms with Gasteiger partial charge >= 0.3 is 0 Å². The van der Waals surface area contributed by atoms with Gasteiger partial charge in [0.25, 0.3) is 0 Å². The second kappa shape index (κ2) is 4.35. The van der Waals surface area contributed by atoms with E-state index in [9.17, 15) is 0 Å². The zero-order valence-electron chi connectivity index (χ0n) is 10.8. The van der Waals surface area contributed by atoms with Gasteiger partial charge in [0.2, 0.25) is 5.28 Å². The summed E-state index contributed by atoms with van der Waals surface area (Å²) >= 11 is 6.05. The van der Waals surface area contributed by atoms with Gasteiger partial charge in [0, 0.05) is 18.5 Å². The summed E-state index contributed by atoms with van der Waals surface area (Å²) in [5, 5.41) is 0.358. The van der Waals surface area contributed by atoms with Crippen molar-refractivity contribution in [2.75, 3.05) is 24.7 Å². The van der Waals surface area contributed by atoms with Gasteiger partial charge in [-0.3, -0.25) is 0 Å². The molecule has 18 heavy (non-hydrogen) atoms. The molecule has 0 unspecified atom stereocenters. The number of nitrogens with zero attached hydrogens (tertiary/aromatic N) is 3. The zero-order valence-corrected chi connectivity index (χ0v) is 11.6. The van der Waals surface area contributed by atoms with E-state index in [1.807, 2.05) is 0 Å². The summed E-state index contributed by atoms with van der Waals surface area (Å²) in [7, 11) is 0. The van der Waals surface area contributed by atoms with Crippen molar-refractivity contribution in [3.05, 3.63) is 17.0 Å². The van der Waals surface area contributed by atoms with Crippen molar-refractivity contribution in [1.82, 2.24) is 9.97 Å². The van der Waals surface area contributed by atoms with Crippen LogP contribution >= 0.6 is 11.6 Å². The highest BCUT2D eigenvalue weighted by Gasteiger charge is 2.33. The molecule has 1 aliphatic carbocycles. The quantitative estimate of drug-likeness (QED) is 0.772. The number of morpholine rings is 1. The van der Waals surface area contributed by atoms with Crippen molar-refractivity contribution in [1.29, 1.82) is 0 Å². The van der Waals surface area contributed by atoms with Gasteiger partial charge in [-0.25, -0.2) is 9.97 Å². The van der Waals surface area contributed by atoms with Crippen LogP contribution in [0.1, 0.15) is 38.3 Å². The monoisotopic (exact) mass is 267 g/mol. The molecule has 5 heteroatoms. The van der Waals surface area contributed by atoms with E-state index in [1.165, 1.54) is 12.8 Å². The molecule has 3 rings (SSSR count). The fourth-order valence-corrected chi connectivity index (χ4v) is 2.62. The lowest BCUT2D eigenvalue weighted by Crippen LogP contribution is -2.53. The summed E-state index contributed by atoms with van der Waals surface area (Å²) in [6.45, 7) is 6.64. The number of rotatable bonds is 2. The third kappa shape index (κ3) is 2.31. The van der Waals surface area contributed by atoms with E-state index in [4.69, 9.17) is 16.3 Å². The number of hydrogen-bond acceptors (Lipinski definition) is 4. The molecule has 1 aromatic heterocycles. The van der Waals surface area contributed by atoms with E-state index in [0.29, 0.717) is 17.8 Å². The van der Waals surface area contributed by atoms with Crippen molar-refractivity contribution < 1.29 is 4.74 Å². The van der Waals surface area contributed by atoms with E-state index < -0.39 is 0 Å². The number of hydrogen-bond donors (Lipinski definition) is 0. The van der Waals surface area contributed by atoms with E-state index in [2.05, 4.69) is 34.8 Å². The van der Waals surface area contributed by atoms with E-state index >= 15 is 0 Å². The molecule has 0 atom stereocenters. The first-order valence-electron chi connectivity index (χ1n) is 6.46. The Hall–Kier alpha value is -0.870. The standard InChI is InChI=1S/C13H18ClN3O/c1-13(2)8-18-6-5-17(13)11-7-10(9-3-4-9)15-12(14)16-11/h7,9H,3-6,8H2,1-2H3. The minimum atomic E-state index is -0.0449. The Balaban J connectivity index is 1.94. The SMILES string of the molecule is CC1(C)COCCN1c1cc(C2CC2)nc(Cl)n1. The van der Waals surface area contributed by atoms with E-state index in [-0.39, 0.29) is 5.54 Å². The molecule has 0 spiro atoms. The van der Waals surface area contributed by atoms with Gasteiger partial charge in [0.05, 0.1) is 24.4 Å². The van der Waals surface area contributed by atoms with Crippen LogP contribution in [0.25, 0.3) is 0 Å². The minimum absolute atomic E-state index is 0.0449. The third-order valence-electron chi connectivity index (χ3n) is 3.62. The molecule has 0 N–H and O–H groups in total. The van der Waals surface area contributed by atoms with Gasteiger partial charge in [-0.15, -0.1) is 0 Å². The molecule has 1 saturated heterocycles. The summed E-state index contributed by atoms with van der Waals surface area (Å²) in [4.78, 5) is 11.0. The van der Waals surface area contributed by atoms with Crippen LogP contribution in [0.15, 0.2) is 6.07 Å². The molecular formula is C13H18ClN3O. The van der Waals surface area contributed by atoms with E-state index in [0.717, 1.165) is 24.7 Å². The first-order chi connectivity index (χ1) is 8.56. The number of anilines is 1. The molecule has 98 valence electrons. The van der Waals surface area contributed by atoms with Crippen LogP contribution in [0.4, 0.5) is 5.82 Å². The number of aromatic nitrogens is 2. The molecule has 0 aromatic carbocycles. The lowest BCUT2D eigenvalue weighted by molar-refractivity contribution is 0.0639. The van der Waals surface area contributed by atoms with Gasteiger partial charge in [-0.05, 0) is 38.3 Å². The summed E-state index contributed by atoms with van der Waals surface area (Å²) in [6.07, 6.45) is 2.44. The van der Waals surface area contributed by atoms with Crippen molar-refractivity contribution in [3.63, 3.8) is 0 Å². The average molecular weight is 268 g/mol. The lowest BCUT2D eigenvalue weighted by atomic mass is 10.0. The van der Waals surface area contributed by atoms with Gasteiger partial charge in [0.1, 0.15) is 5.82 Å². The van der Waals surface area contributed by atoms with Gasteiger partial charge in [-0.1, -0.05) is 0 Å². The van der Waals surface area contributed by atoms with Crippen LogP contribution in [0.5, 0.6) is 0 Å². The highest BCUT2D eigenvalue weighted by molar-refractivity contribution is 6.28. The number of ether oxygens (including phenoxy) is 1. The number of halogens is 1. The minimum Gasteiger partial charge on any atom is -0.377 e. The Labute approximate surface area is 112 Å². The maximum absolute atomic E-state index is 6.05. The fraction of sp³-hybridized carbons (Fsp3) is 0.692. The normalized spacial score (nSPS) is 23.2. The Morgan fingerprint density at radius 3 is 2.83 bits per heavy atom. The van der Waals surface area contributed by atoms with Crippen LogP contribution in [0.2, 0.25) is 5.28 Å². The van der Waals surface area contributed by atoms with Crippen LogP contribution in [-0.2, 0) is 4.74 Å². The van der Waals surface area contributed by atoms with Crippen LogP contribution in [-0.4, -0.2) is 35.3 Å². The molecule has 2 aliphatic rings. The van der Waals surface area contributed by atoms with E-state index in [1.54, 1.807) is 0 Å². The Morgan fingerprint density at radius 1 is 1.39 bits per heavy atom. The van der Waals surface area contributed by atoms with Crippen LogP contribution in [0.3, 0.4) is 0 Å². The lowest BCUT2D eigenvalue weighted by Gasteiger charge is -2.43. The molecule has 2 heterocycles. The van der Waals surface area contributed by atoms with Crippen LogP contribution < -0.4 is 4.90 Å². The second-order valence-electron chi connectivity index (χ2n) is 5.71. The van der Waals surface area contributed by atoms with Gasteiger partial charge in [0.15, 0.2) is 0 Å². The van der Waals surface area contributed by atoms with Crippen LogP contribution in [0, 0.1) is 0 Å². The van der Waals surface area contributed by atoms with Crippen molar-refractivity contribution in [3.8, 4) is 0 Å². The molecule has 0 bridgehead atoms. The topological polar surface area (TPSA) is 38.2 Å². The predicted octanol–water partition coefficient (Wildman–Crippen LogP) is 2.62. The summed E-state index contributed by atoms with van der Waals surface area (Å²) < 4.78 is 5.54. The third-order valence-corrected chi connectivity index (χ3v) is 3.79. The largest absolute Gasteiger partial charge is 0.377 e. The Bertz CT molecular complexity index is 460. The molecule has 1 aromatic rings. The molecule has 2 fully saturated rings. The van der Waals surface area contributed by atoms with Crippen molar-refractivity contribution in [2.45, 2.75) is 38.1 Å². The second-order valence-corrected chi connectivity index (χ2v) is 6.05. The zero-order chi connectivity index (χ0) is 12.8. The first kappa shape index (κ1) is 12.2. The predicted molar refractivity (Wildman–Crippen MR) is 71.3 cm³/mol. The maximum atomic E-state index is 6.05. The fourth-order valence-electron chi connectivity index (χ4n) is 2.43. The molecule has 1 saturated carbocycles. The highest BCUT2D eigenvalue weighted by Crippen LogP contribution is 2.40. The molecule has 0 amide bonds. The Kier molecular flexibility index (Phi) is 2.94. The molecular weight excluding hydrogens is 250 g/mol. The first-order valence-corrected chi connectivity index (χ1v) is 6.84. The Morgan fingerprint density at radius 2 is 2.17 bits per heavy atom. The molecule has 0 radical (unpaired) electrons. The summed E-state index contributed by atoms with van der Waals surface area (Å²) in [5.41, 5.74) is 1.05. The summed E-state index contributed by atoms with van der Waals surface area (Å²) in [5.74, 6) is 1.53. The molecule has 1 aliphatic heterocycles. The maximum Gasteiger partial charge on any atom is 0.224 e. The smallest absolute Gasteiger partial charge is 0.224 e.